The summed E-state index contributed by atoms with van der Waals surface area (Å²) in [5, 5.41) is 57.5. The number of halogens is 4. The Morgan fingerprint density at radius 2 is 0.724 bits per heavy atom. The summed E-state index contributed by atoms with van der Waals surface area (Å²) in [7, 11) is 0. The van der Waals surface area contributed by atoms with Crippen LogP contribution in [0.4, 0.5) is 17.6 Å². The first-order valence-electron chi connectivity index (χ1n) is 37.0. The number of hydrogen-bond acceptors (Lipinski definition) is 10. The SMILES string of the molecule is O=C(NC1CC1)c1cc2c(/C=C/c3ccc4ccccc4c3)n[nH]c2cc1F.O=C(NCc1cccnc1)c1cc2c(/C=C/c3ccc4ccccc4c3)n[nH]c2cc1F.O=C(NCc1ccco1)c1cc2c(/C=C/c3ccc4ccccc4c3)n[nH]c2cc1F.O=C(O)c1cc2c(/C=C/c3ccc4ccccc4c3)n[nH]c2cc1F. The summed E-state index contributed by atoms with van der Waals surface area (Å²) in [6.07, 6.45) is 21.9. The molecule has 18 nitrogen and oxygen atoms in total. The predicted molar refractivity (Wildman–Crippen MR) is 448 cm³/mol. The van der Waals surface area contributed by atoms with E-state index in [0.717, 1.165) is 79.0 Å². The molecule has 1 aliphatic rings. The minimum absolute atomic E-state index is 0.0249. The fourth-order valence-electron chi connectivity index (χ4n) is 13.3. The number of hydrogen-bond donors (Lipinski definition) is 8. The summed E-state index contributed by atoms with van der Waals surface area (Å²) in [5.74, 6) is -4.61. The van der Waals surface area contributed by atoms with Gasteiger partial charge in [0.05, 0.1) is 79.9 Å². The number of benzene rings is 12. The Morgan fingerprint density at radius 3 is 1.06 bits per heavy atom. The molecule has 3 amide bonds. The van der Waals surface area contributed by atoms with Gasteiger partial charge in [0.2, 0.25) is 0 Å². The van der Waals surface area contributed by atoms with E-state index in [1.807, 2.05) is 140 Å². The first kappa shape index (κ1) is 74.6. The number of amides is 3. The van der Waals surface area contributed by atoms with Crippen molar-refractivity contribution in [2.75, 3.05) is 0 Å². The lowest BCUT2D eigenvalue weighted by Gasteiger charge is -2.06. The van der Waals surface area contributed by atoms with E-state index in [1.165, 1.54) is 58.8 Å². The zero-order valence-electron chi connectivity index (χ0n) is 61.6. The van der Waals surface area contributed by atoms with Gasteiger partial charge < -0.3 is 25.5 Å². The number of rotatable bonds is 17. The molecule has 0 atom stereocenters. The van der Waals surface area contributed by atoms with E-state index in [1.54, 1.807) is 42.7 Å². The Balaban J connectivity index is 0.000000116. The molecule has 19 rings (SSSR count). The second kappa shape index (κ2) is 33.6. The Bertz CT molecular complexity index is 6900. The second-order valence-corrected chi connectivity index (χ2v) is 27.6. The quantitative estimate of drug-likeness (QED) is 0.0397. The molecule has 1 aliphatic carbocycles. The van der Waals surface area contributed by atoms with Crippen molar-refractivity contribution in [1.82, 2.24) is 61.7 Å². The standard InChI is InChI=1S/C26H19FN4O.C25H18FN3O2.C23H18FN3O.C20H13FN2O2/c27-23-14-25-22(13-21(23)26(32)29-16-18-4-3-11-28-15-18)24(30-31-25)10-8-17-7-9-19-5-1-2-6-20(19)12-17;26-22-14-24-21(13-20(22)25(30)27-15-19-6-3-11-31-19)23(28-29-24)10-8-16-7-9-17-4-1-2-5-18(17)12-16;24-20-13-22-19(12-18(20)23(28)25-17-8-9-17)21(26-27-22)10-6-14-5-7-15-3-1-2-4-16(15)11-14;21-17-11-19-16(10-15(17)20(24)25)18(22-23-19)8-6-12-5-7-13-3-1-2-4-14(13)9-12/h1-15H,16H2,(H,29,32)(H,30,31);1-14H,15H2,(H,27,30)(H,28,29);1-7,10-13,17H,8-9H2,(H,25,28)(H,26,27);1-11H,(H,22,23)(H,24,25)/b2*10-8+;10-6+;8-6+. The molecule has 0 spiro atoms. The fourth-order valence-corrected chi connectivity index (χ4v) is 13.3. The predicted octanol–water partition coefficient (Wildman–Crippen LogP) is 20.5. The number of carboxylic acid groups (broad SMARTS) is 1. The van der Waals surface area contributed by atoms with Crippen LogP contribution in [-0.2, 0) is 13.1 Å². The normalized spacial score (nSPS) is 12.1. The van der Waals surface area contributed by atoms with Gasteiger partial charge in [0, 0.05) is 70.8 Å². The maximum Gasteiger partial charge on any atom is 0.338 e. The third-order valence-electron chi connectivity index (χ3n) is 19.6. The maximum atomic E-state index is 14.6. The third kappa shape index (κ3) is 17.3. The van der Waals surface area contributed by atoms with Crippen molar-refractivity contribution in [3.8, 4) is 0 Å². The Morgan fingerprint density at radius 1 is 0.379 bits per heavy atom. The molecule has 22 heteroatoms. The van der Waals surface area contributed by atoms with Gasteiger partial charge in [-0.2, -0.15) is 20.4 Å². The van der Waals surface area contributed by atoms with Gasteiger partial charge >= 0.3 is 5.97 Å². The summed E-state index contributed by atoms with van der Waals surface area (Å²) >= 11 is 0. The topological polar surface area (TPSA) is 265 Å². The van der Waals surface area contributed by atoms with Crippen LogP contribution < -0.4 is 16.0 Å². The highest BCUT2D eigenvalue weighted by Gasteiger charge is 2.26. The van der Waals surface area contributed by atoms with Gasteiger partial charge in [0.25, 0.3) is 17.7 Å². The van der Waals surface area contributed by atoms with Crippen molar-refractivity contribution in [1.29, 1.82) is 0 Å². The maximum absolute atomic E-state index is 14.6. The summed E-state index contributed by atoms with van der Waals surface area (Å²) in [6.45, 7) is 0.452. The smallest absolute Gasteiger partial charge is 0.338 e. The van der Waals surface area contributed by atoms with Gasteiger partial charge in [-0.3, -0.25) is 39.8 Å². The number of furan rings is 1. The number of fused-ring (bicyclic) bond motifs is 8. The highest BCUT2D eigenvalue weighted by Crippen LogP contribution is 2.31. The average Bonchev–Trinajstić information content (AvgIpc) is 1.65. The van der Waals surface area contributed by atoms with E-state index in [-0.39, 0.29) is 47.3 Å². The van der Waals surface area contributed by atoms with Gasteiger partial charge in [-0.15, -0.1) is 0 Å². The molecule has 0 bridgehead atoms. The number of H-pyrrole nitrogens is 4. The number of pyridine rings is 1. The minimum Gasteiger partial charge on any atom is -0.478 e. The molecule has 568 valence electrons. The number of carbonyl (C=O) groups excluding carboxylic acids is 3. The molecular weight excluding hydrogens is 1470 g/mol. The van der Waals surface area contributed by atoms with Crippen molar-refractivity contribution in [3.05, 3.63) is 363 Å². The van der Waals surface area contributed by atoms with Crippen molar-refractivity contribution < 1.29 is 46.3 Å². The van der Waals surface area contributed by atoms with E-state index in [2.05, 4.69) is 141 Å². The van der Waals surface area contributed by atoms with E-state index in [9.17, 15) is 36.7 Å². The van der Waals surface area contributed by atoms with Gasteiger partial charge in [-0.25, -0.2) is 22.4 Å². The first-order valence-corrected chi connectivity index (χ1v) is 37.0. The Kier molecular flexibility index (Phi) is 21.6. The number of nitrogens with one attached hydrogen (secondary N) is 7. The molecule has 18 aromatic rings. The number of carbonyl (C=O) groups is 4. The highest BCUT2D eigenvalue weighted by molar-refractivity contribution is 6.04. The van der Waals surface area contributed by atoms with Crippen LogP contribution in [-0.4, -0.2) is 80.6 Å². The number of aromatic carboxylic acids is 1. The summed E-state index contributed by atoms with van der Waals surface area (Å²) in [4.78, 5) is 52.5. The summed E-state index contributed by atoms with van der Waals surface area (Å²) < 4.78 is 62.3. The number of aromatic nitrogens is 9. The lowest BCUT2D eigenvalue weighted by molar-refractivity contribution is 0.0691. The fraction of sp³-hybridized carbons (Fsp3) is 0.0532. The van der Waals surface area contributed by atoms with E-state index in [4.69, 9.17) is 9.52 Å². The van der Waals surface area contributed by atoms with Crippen LogP contribution >= 0.6 is 0 Å². The Labute approximate surface area is 658 Å². The van der Waals surface area contributed by atoms with Crippen molar-refractivity contribution in [3.63, 3.8) is 0 Å². The minimum atomic E-state index is -1.30. The summed E-state index contributed by atoms with van der Waals surface area (Å²) in [6, 6.07) is 75.5. The zero-order valence-corrected chi connectivity index (χ0v) is 61.6. The summed E-state index contributed by atoms with van der Waals surface area (Å²) in [5.41, 5.74) is 9.13. The number of aromatic amines is 4. The molecule has 116 heavy (non-hydrogen) atoms. The molecule has 0 saturated heterocycles. The van der Waals surface area contributed by atoms with Crippen LogP contribution in [0.2, 0.25) is 0 Å². The Hall–Kier alpha value is -15.5. The van der Waals surface area contributed by atoms with Crippen LogP contribution in [0, 0.1) is 23.3 Å². The molecular formula is C94H68F4N12O6. The van der Waals surface area contributed by atoms with Crippen molar-refractivity contribution in [2.24, 2.45) is 0 Å². The van der Waals surface area contributed by atoms with Gasteiger partial charge in [0.1, 0.15) is 29.0 Å². The number of nitrogens with zero attached hydrogens (tertiary/aromatic N) is 5. The van der Waals surface area contributed by atoms with Crippen LogP contribution in [0.25, 0.3) is 135 Å². The molecule has 0 radical (unpaired) electrons. The molecule has 12 aromatic carbocycles. The molecule has 0 aliphatic heterocycles. The molecule has 0 unspecified atom stereocenters. The zero-order chi connectivity index (χ0) is 79.6. The lowest BCUT2D eigenvalue weighted by atomic mass is 10.1. The van der Waals surface area contributed by atoms with E-state index >= 15 is 0 Å². The van der Waals surface area contributed by atoms with Crippen LogP contribution in [0.5, 0.6) is 0 Å². The van der Waals surface area contributed by atoms with Gasteiger partial charge in [-0.1, -0.05) is 176 Å². The van der Waals surface area contributed by atoms with Gasteiger partial charge in [0.15, 0.2) is 0 Å². The monoisotopic (exact) mass is 1540 g/mol. The lowest BCUT2D eigenvalue weighted by Crippen LogP contribution is -2.26. The van der Waals surface area contributed by atoms with Gasteiger partial charge in [-0.05, 0) is 175 Å². The number of carboxylic acids is 1. The first-order chi connectivity index (χ1) is 56.6. The molecule has 8 N–H and O–H groups in total. The van der Waals surface area contributed by atoms with Crippen LogP contribution in [0.15, 0.2) is 266 Å². The third-order valence-corrected chi connectivity index (χ3v) is 19.6. The molecule has 1 saturated carbocycles. The average molecular weight is 1540 g/mol. The second-order valence-electron chi connectivity index (χ2n) is 27.6. The van der Waals surface area contributed by atoms with Crippen LogP contribution in [0.1, 0.15) is 111 Å². The van der Waals surface area contributed by atoms with Crippen LogP contribution in [0.3, 0.4) is 0 Å². The molecule has 6 heterocycles. The van der Waals surface area contributed by atoms with E-state index < -0.39 is 41.1 Å². The van der Waals surface area contributed by atoms with E-state index in [0.29, 0.717) is 66.8 Å². The van der Waals surface area contributed by atoms with Crippen molar-refractivity contribution >= 4 is 159 Å². The largest absolute Gasteiger partial charge is 0.478 e. The molecule has 6 aromatic heterocycles. The van der Waals surface area contributed by atoms with Crippen molar-refractivity contribution in [2.45, 2.75) is 32.0 Å². The highest BCUT2D eigenvalue weighted by atomic mass is 19.1. The molecule has 1 fully saturated rings.